The van der Waals surface area contributed by atoms with Crippen molar-refractivity contribution in [2.45, 2.75) is 37.6 Å². The van der Waals surface area contributed by atoms with Crippen LogP contribution in [0, 0.1) is 6.92 Å². The van der Waals surface area contributed by atoms with Crippen molar-refractivity contribution in [1.82, 2.24) is 15.0 Å². The predicted octanol–water partition coefficient (Wildman–Crippen LogP) is 0.421. The normalized spacial score (nSPS) is 26.5. The molecule has 1 saturated heterocycles. The van der Waals surface area contributed by atoms with E-state index in [0.717, 1.165) is 22.5 Å². The Hall–Kier alpha value is -2.82. The third-order valence-electron chi connectivity index (χ3n) is 5.08. The summed E-state index contributed by atoms with van der Waals surface area (Å²) in [5.74, 6) is 0.423. The summed E-state index contributed by atoms with van der Waals surface area (Å²) in [5, 5.41) is 47.6. The molecule has 1 aromatic heterocycles. The summed E-state index contributed by atoms with van der Waals surface area (Å²) in [4.78, 5) is 0. The molecular formula is C21H23N3O6. The first-order chi connectivity index (χ1) is 14.5. The highest BCUT2D eigenvalue weighted by Crippen LogP contribution is 2.28. The Labute approximate surface area is 172 Å². The first kappa shape index (κ1) is 20.5. The maximum atomic E-state index is 10.2. The zero-order valence-corrected chi connectivity index (χ0v) is 16.2. The quantitative estimate of drug-likeness (QED) is 0.474. The smallest absolute Gasteiger partial charge is 0.229 e. The molecule has 5 atom stereocenters. The van der Waals surface area contributed by atoms with Crippen LogP contribution in [0.4, 0.5) is 0 Å². The molecule has 1 aliphatic rings. The highest BCUT2D eigenvalue weighted by atomic mass is 16.7. The highest BCUT2D eigenvalue weighted by Gasteiger charge is 2.44. The predicted molar refractivity (Wildman–Crippen MR) is 106 cm³/mol. The van der Waals surface area contributed by atoms with Crippen molar-refractivity contribution in [3.8, 4) is 22.7 Å². The van der Waals surface area contributed by atoms with Crippen LogP contribution in [0.5, 0.6) is 5.75 Å². The largest absolute Gasteiger partial charge is 0.462 e. The Morgan fingerprint density at radius 3 is 2.50 bits per heavy atom. The van der Waals surface area contributed by atoms with Crippen molar-refractivity contribution in [2.24, 2.45) is 0 Å². The van der Waals surface area contributed by atoms with Gasteiger partial charge < -0.3 is 29.9 Å². The van der Waals surface area contributed by atoms with Crippen LogP contribution < -0.4 is 4.74 Å². The number of ether oxygens (including phenoxy) is 2. The minimum absolute atomic E-state index is 0.423. The van der Waals surface area contributed by atoms with Crippen LogP contribution in [0.3, 0.4) is 0 Å². The summed E-state index contributed by atoms with van der Waals surface area (Å²) in [5.41, 5.74) is 3.21. The van der Waals surface area contributed by atoms with Gasteiger partial charge in [0, 0.05) is 5.56 Å². The lowest BCUT2D eigenvalue weighted by atomic mass is 9.99. The van der Waals surface area contributed by atoms with Gasteiger partial charge in [-0.1, -0.05) is 35.5 Å². The van der Waals surface area contributed by atoms with Crippen LogP contribution in [0.15, 0.2) is 54.7 Å². The Bertz CT molecular complexity index is 993. The summed E-state index contributed by atoms with van der Waals surface area (Å²) in [6, 6.07) is 15.0. The first-order valence-corrected chi connectivity index (χ1v) is 9.54. The van der Waals surface area contributed by atoms with Gasteiger partial charge in [-0.25, -0.2) is 4.68 Å². The fourth-order valence-electron chi connectivity index (χ4n) is 3.33. The fourth-order valence-corrected chi connectivity index (χ4v) is 3.33. The molecule has 3 aromatic rings. The van der Waals surface area contributed by atoms with Gasteiger partial charge in [0.2, 0.25) is 6.29 Å². The zero-order valence-electron chi connectivity index (χ0n) is 16.2. The number of rotatable bonds is 5. The van der Waals surface area contributed by atoms with Crippen LogP contribution >= 0.6 is 0 Å². The molecule has 5 unspecified atom stereocenters. The van der Waals surface area contributed by atoms with Gasteiger partial charge in [-0.05, 0) is 30.7 Å². The number of hydrogen-bond donors (Lipinski definition) is 4. The second-order valence-electron chi connectivity index (χ2n) is 7.18. The van der Waals surface area contributed by atoms with Gasteiger partial charge in [-0.15, -0.1) is 5.10 Å². The molecule has 0 radical (unpaired) electrons. The van der Waals surface area contributed by atoms with E-state index in [9.17, 15) is 20.4 Å². The average molecular weight is 413 g/mol. The molecule has 0 spiro atoms. The molecule has 0 saturated carbocycles. The van der Waals surface area contributed by atoms with Crippen LogP contribution in [-0.2, 0) is 4.74 Å². The SMILES string of the molecule is Cc1cc(-n2cc(-c3ccccc3)nn2)ccc1OC1OC(CO)C(O)C(O)C1O. The molecule has 158 valence electrons. The fraction of sp³-hybridized carbons (Fsp3) is 0.333. The zero-order chi connectivity index (χ0) is 21.3. The van der Waals surface area contributed by atoms with Crippen LogP contribution in [0.25, 0.3) is 16.9 Å². The number of aliphatic hydroxyl groups is 4. The minimum Gasteiger partial charge on any atom is -0.462 e. The van der Waals surface area contributed by atoms with Gasteiger partial charge >= 0.3 is 0 Å². The molecule has 9 nitrogen and oxygen atoms in total. The lowest BCUT2D eigenvalue weighted by Crippen LogP contribution is -2.60. The van der Waals surface area contributed by atoms with Crippen LogP contribution in [-0.4, -0.2) is 72.7 Å². The molecule has 4 N–H and O–H groups in total. The number of aryl methyl sites for hydroxylation is 1. The van der Waals surface area contributed by atoms with Gasteiger partial charge in [-0.2, -0.15) is 0 Å². The maximum Gasteiger partial charge on any atom is 0.229 e. The molecule has 1 fully saturated rings. The van der Waals surface area contributed by atoms with E-state index in [-0.39, 0.29) is 0 Å². The van der Waals surface area contributed by atoms with Crippen LogP contribution in [0.2, 0.25) is 0 Å². The molecule has 2 heterocycles. The van der Waals surface area contributed by atoms with Gasteiger partial charge in [0.25, 0.3) is 0 Å². The van der Waals surface area contributed by atoms with E-state index in [1.165, 1.54) is 0 Å². The molecular weight excluding hydrogens is 390 g/mol. The summed E-state index contributed by atoms with van der Waals surface area (Å²) in [6.45, 7) is 1.30. The van der Waals surface area contributed by atoms with E-state index in [4.69, 9.17) is 9.47 Å². The molecule has 0 amide bonds. The van der Waals surface area contributed by atoms with Crippen molar-refractivity contribution in [3.05, 3.63) is 60.3 Å². The summed E-state index contributed by atoms with van der Waals surface area (Å²) in [7, 11) is 0. The molecule has 0 aliphatic carbocycles. The number of aliphatic hydroxyl groups excluding tert-OH is 4. The number of hydrogen-bond acceptors (Lipinski definition) is 8. The van der Waals surface area contributed by atoms with E-state index >= 15 is 0 Å². The first-order valence-electron chi connectivity index (χ1n) is 9.54. The topological polar surface area (TPSA) is 130 Å². The van der Waals surface area contributed by atoms with Crippen molar-refractivity contribution in [1.29, 1.82) is 0 Å². The lowest BCUT2D eigenvalue weighted by molar-refractivity contribution is -0.277. The molecule has 30 heavy (non-hydrogen) atoms. The molecule has 1 aliphatic heterocycles. The molecule has 2 aromatic carbocycles. The molecule has 9 heteroatoms. The Balaban J connectivity index is 1.52. The third-order valence-corrected chi connectivity index (χ3v) is 5.08. The summed E-state index contributed by atoms with van der Waals surface area (Å²) < 4.78 is 12.8. The van der Waals surface area contributed by atoms with Gasteiger partial charge in [0.1, 0.15) is 35.9 Å². The van der Waals surface area contributed by atoms with Crippen molar-refractivity contribution in [3.63, 3.8) is 0 Å². The standard InChI is InChI=1S/C21H23N3O6/c1-12-9-14(24-10-15(22-23-24)13-5-3-2-4-6-13)7-8-16(12)29-21-20(28)19(27)18(26)17(11-25)30-21/h2-10,17-21,25-28H,11H2,1H3. The van der Waals surface area contributed by atoms with Crippen molar-refractivity contribution < 1.29 is 29.9 Å². The van der Waals surface area contributed by atoms with E-state index in [0.29, 0.717) is 5.75 Å². The Kier molecular flexibility index (Phi) is 5.80. The van der Waals surface area contributed by atoms with E-state index < -0.39 is 37.3 Å². The summed E-state index contributed by atoms with van der Waals surface area (Å²) >= 11 is 0. The maximum absolute atomic E-state index is 10.2. The van der Waals surface area contributed by atoms with Gasteiger partial charge in [0.15, 0.2) is 0 Å². The van der Waals surface area contributed by atoms with Gasteiger partial charge in [-0.3, -0.25) is 0 Å². The van der Waals surface area contributed by atoms with E-state index in [1.54, 1.807) is 16.8 Å². The number of nitrogens with zero attached hydrogens (tertiary/aromatic N) is 3. The van der Waals surface area contributed by atoms with E-state index in [1.807, 2.05) is 49.5 Å². The van der Waals surface area contributed by atoms with Crippen molar-refractivity contribution in [2.75, 3.05) is 6.61 Å². The second kappa shape index (κ2) is 8.50. The second-order valence-corrected chi connectivity index (χ2v) is 7.18. The lowest BCUT2D eigenvalue weighted by Gasteiger charge is -2.39. The van der Waals surface area contributed by atoms with Crippen molar-refractivity contribution >= 4 is 0 Å². The molecule has 4 rings (SSSR count). The number of benzene rings is 2. The average Bonchev–Trinajstić information content (AvgIpc) is 3.26. The number of aromatic nitrogens is 3. The molecule has 0 bridgehead atoms. The Morgan fingerprint density at radius 1 is 1.03 bits per heavy atom. The summed E-state index contributed by atoms with van der Waals surface area (Å²) in [6.07, 6.45) is -4.83. The highest BCUT2D eigenvalue weighted by molar-refractivity contribution is 5.58. The van der Waals surface area contributed by atoms with Crippen LogP contribution in [0.1, 0.15) is 5.56 Å². The van der Waals surface area contributed by atoms with Gasteiger partial charge in [0.05, 0.1) is 18.5 Å². The third kappa shape index (κ3) is 3.93. The minimum atomic E-state index is -1.49. The Morgan fingerprint density at radius 2 is 1.80 bits per heavy atom. The monoisotopic (exact) mass is 413 g/mol. The van der Waals surface area contributed by atoms with E-state index in [2.05, 4.69) is 10.3 Å².